The lowest BCUT2D eigenvalue weighted by Crippen LogP contribution is -2.34. The fourth-order valence-electron chi connectivity index (χ4n) is 3.82. The lowest BCUT2D eigenvalue weighted by molar-refractivity contribution is -0.210. The van der Waals surface area contributed by atoms with Crippen LogP contribution in [0.3, 0.4) is 0 Å². The van der Waals surface area contributed by atoms with E-state index in [1.165, 1.54) is 12.1 Å². The Morgan fingerprint density at radius 1 is 1.31 bits per heavy atom. The molecule has 1 aliphatic rings. The lowest BCUT2D eigenvalue weighted by atomic mass is 10.1. The molecule has 1 atom stereocenters. The van der Waals surface area contributed by atoms with Crippen molar-refractivity contribution in [1.82, 2.24) is 19.6 Å². The number of benzene rings is 1. The van der Waals surface area contributed by atoms with Crippen molar-refractivity contribution in [2.45, 2.75) is 64.0 Å². The molecule has 35 heavy (non-hydrogen) atoms. The van der Waals surface area contributed by atoms with Crippen molar-refractivity contribution < 1.29 is 32.9 Å². The quantitative estimate of drug-likeness (QED) is 0.305. The predicted octanol–water partition coefficient (Wildman–Crippen LogP) is 4.97. The summed E-state index contributed by atoms with van der Waals surface area (Å²) in [7, 11) is -1.20. The number of hydrogen-bond donors (Lipinski definition) is 1. The number of fused-ring (bicyclic) bond motifs is 1. The molecule has 0 aliphatic carbocycles. The van der Waals surface area contributed by atoms with E-state index in [4.69, 9.17) is 19.7 Å². The number of ether oxygens (including phenoxy) is 3. The van der Waals surface area contributed by atoms with Gasteiger partial charge in [-0.15, -0.1) is 0 Å². The monoisotopic (exact) mass is 508 g/mol. The fraction of sp³-hybridized carbons (Fsp3) is 0.522. The van der Waals surface area contributed by atoms with E-state index in [0.717, 1.165) is 25.3 Å². The lowest BCUT2D eigenvalue weighted by Gasteiger charge is -2.23. The van der Waals surface area contributed by atoms with Gasteiger partial charge in [-0.1, -0.05) is 19.6 Å². The van der Waals surface area contributed by atoms with Crippen LogP contribution in [0, 0.1) is 0 Å². The molecule has 1 saturated heterocycles. The van der Waals surface area contributed by atoms with Crippen LogP contribution in [0.1, 0.15) is 25.5 Å². The molecule has 0 spiro atoms. The van der Waals surface area contributed by atoms with Crippen molar-refractivity contribution in [3.63, 3.8) is 0 Å². The molecule has 1 aromatic carbocycles. The highest BCUT2D eigenvalue weighted by Crippen LogP contribution is 2.35. The van der Waals surface area contributed by atoms with Crippen molar-refractivity contribution in [3.05, 3.63) is 30.6 Å². The van der Waals surface area contributed by atoms with E-state index in [0.29, 0.717) is 35.4 Å². The Bertz CT molecular complexity index is 1180. The molecule has 4 rings (SSSR count). The van der Waals surface area contributed by atoms with Gasteiger partial charge in [-0.3, -0.25) is 0 Å². The minimum absolute atomic E-state index is 0.280. The third-order valence-electron chi connectivity index (χ3n) is 5.73. The molecule has 190 valence electrons. The molecular formula is C23H30F2N4O5Si. The van der Waals surface area contributed by atoms with Gasteiger partial charge < -0.3 is 19.3 Å². The zero-order valence-corrected chi connectivity index (χ0v) is 21.0. The molecule has 1 N–H and O–H groups in total. The van der Waals surface area contributed by atoms with E-state index in [2.05, 4.69) is 29.5 Å². The molecule has 1 aliphatic heterocycles. The minimum Gasteiger partial charge on any atom is -0.474 e. The van der Waals surface area contributed by atoms with Crippen LogP contribution in [0.5, 0.6) is 5.75 Å². The van der Waals surface area contributed by atoms with Gasteiger partial charge in [0.1, 0.15) is 18.2 Å². The maximum absolute atomic E-state index is 13.7. The van der Waals surface area contributed by atoms with Gasteiger partial charge >= 0.3 is 12.1 Å². The second-order valence-electron chi connectivity index (χ2n) is 9.83. The Hall–Kier alpha value is -2.83. The number of carboxylic acid groups (broad SMARTS) is 1. The van der Waals surface area contributed by atoms with Crippen molar-refractivity contribution in [1.29, 1.82) is 0 Å². The molecule has 0 bridgehead atoms. The number of aromatic nitrogens is 4. The molecule has 12 heteroatoms. The van der Waals surface area contributed by atoms with Gasteiger partial charge in [-0.2, -0.15) is 19.0 Å². The van der Waals surface area contributed by atoms with Gasteiger partial charge in [0.25, 0.3) is 0 Å². The van der Waals surface area contributed by atoms with E-state index in [1.54, 1.807) is 27.8 Å². The first kappa shape index (κ1) is 25.3. The summed E-state index contributed by atoms with van der Waals surface area (Å²) >= 11 is 0. The van der Waals surface area contributed by atoms with Crippen molar-refractivity contribution in [2.75, 3.05) is 13.2 Å². The Kier molecular flexibility index (Phi) is 7.24. The number of rotatable bonds is 10. The molecule has 9 nitrogen and oxygen atoms in total. The van der Waals surface area contributed by atoms with Crippen molar-refractivity contribution in [2.24, 2.45) is 0 Å². The summed E-state index contributed by atoms with van der Waals surface area (Å²) in [5.74, 6) is -2.64. The predicted molar refractivity (Wildman–Crippen MR) is 127 cm³/mol. The number of alkyl halides is 2. The Morgan fingerprint density at radius 2 is 2.11 bits per heavy atom. The molecule has 1 unspecified atom stereocenters. The van der Waals surface area contributed by atoms with Crippen LogP contribution in [0.15, 0.2) is 30.6 Å². The standard InChI is InChI=1S/C23H30F2N4O5Si/c1-35(2,3)11-10-32-15-28-14-16(13-26-28)21-18-12-17(34-23(24,25)22(30)31)7-8-19(18)29(27-21)20-6-4-5-9-33-20/h7-8,12-14,20H,4-6,9-11,15H2,1-3H3,(H,30,31). The van der Waals surface area contributed by atoms with E-state index in [9.17, 15) is 13.6 Å². The average Bonchev–Trinajstić information content (AvgIpc) is 3.41. The van der Waals surface area contributed by atoms with Gasteiger partial charge in [0.15, 0.2) is 6.23 Å². The second kappa shape index (κ2) is 10.0. The second-order valence-corrected chi connectivity index (χ2v) is 15.5. The highest BCUT2D eigenvalue weighted by Gasteiger charge is 2.42. The van der Waals surface area contributed by atoms with Gasteiger partial charge in [0, 0.05) is 38.4 Å². The summed E-state index contributed by atoms with van der Waals surface area (Å²) in [5, 5.41) is 18.4. The van der Waals surface area contributed by atoms with Gasteiger partial charge in [0.05, 0.1) is 11.7 Å². The first-order valence-electron chi connectivity index (χ1n) is 11.6. The smallest absolute Gasteiger partial charge is 0.474 e. The van der Waals surface area contributed by atoms with Crippen LogP contribution in [0.4, 0.5) is 8.78 Å². The van der Waals surface area contributed by atoms with Crippen molar-refractivity contribution >= 4 is 24.9 Å². The van der Waals surface area contributed by atoms with Crippen LogP contribution in [0.2, 0.25) is 25.7 Å². The Labute approximate surface area is 202 Å². The third kappa shape index (κ3) is 6.06. The van der Waals surface area contributed by atoms with Crippen LogP contribution in [-0.2, 0) is 21.0 Å². The first-order chi connectivity index (χ1) is 16.5. The summed E-state index contributed by atoms with van der Waals surface area (Å²) in [5.41, 5.74) is 1.84. The summed E-state index contributed by atoms with van der Waals surface area (Å²) in [4.78, 5) is 10.8. The number of carbonyl (C=O) groups is 1. The highest BCUT2D eigenvalue weighted by molar-refractivity contribution is 6.76. The Balaban J connectivity index is 1.64. The molecular weight excluding hydrogens is 478 g/mol. The van der Waals surface area contributed by atoms with E-state index < -0.39 is 20.2 Å². The maximum atomic E-state index is 13.7. The van der Waals surface area contributed by atoms with E-state index in [1.807, 2.05) is 0 Å². The normalized spacial score (nSPS) is 17.1. The summed E-state index contributed by atoms with van der Waals surface area (Å²) in [6.07, 6.45) is 1.50. The van der Waals surface area contributed by atoms with Gasteiger partial charge in [0.2, 0.25) is 0 Å². The molecule has 0 amide bonds. The number of carboxylic acids is 1. The van der Waals surface area contributed by atoms with Crippen LogP contribution < -0.4 is 4.74 Å². The number of aliphatic carboxylic acids is 1. The van der Waals surface area contributed by atoms with Crippen LogP contribution in [-0.4, -0.2) is 58.0 Å². The van der Waals surface area contributed by atoms with Crippen molar-refractivity contribution in [3.8, 4) is 17.0 Å². The maximum Gasteiger partial charge on any atom is 0.501 e. The number of halogens is 2. The summed E-state index contributed by atoms with van der Waals surface area (Å²) < 4.78 is 46.9. The minimum atomic E-state index is -4.35. The van der Waals surface area contributed by atoms with Crippen LogP contribution >= 0.6 is 0 Å². The molecule has 2 aromatic heterocycles. The van der Waals surface area contributed by atoms with E-state index in [-0.39, 0.29) is 18.7 Å². The molecule has 1 fully saturated rings. The number of hydrogen-bond acceptors (Lipinski definition) is 6. The van der Waals surface area contributed by atoms with Crippen LogP contribution in [0.25, 0.3) is 22.2 Å². The fourth-order valence-corrected chi connectivity index (χ4v) is 4.57. The Morgan fingerprint density at radius 3 is 2.80 bits per heavy atom. The zero-order chi connectivity index (χ0) is 25.2. The van der Waals surface area contributed by atoms with Gasteiger partial charge in [-0.25, -0.2) is 14.2 Å². The topological polar surface area (TPSA) is 101 Å². The summed E-state index contributed by atoms with van der Waals surface area (Å²) in [6.45, 7) is 8.40. The first-order valence-corrected chi connectivity index (χ1v) is 15.3. The zero-order valence-electron chi connectivity index (χ0n) is 20.0. The molecule has 0 radical (unpaired) electrons. The molecule has 0 saturated carbocycles. The van der Waals surface area contributed by atoms with Gasteiger partial charge in [-0.05, 0) is 43.5 Å². The third-order valence-corrected chi connectivity index (χ3v) is 7.43. The van der Waals surface area contributed by atoms with E-state index >= 15 is 0 Å². The SMILES string of the molecule is C[Si](C)(C)CCOCn1cc(-c2nn(C3CCCCO3)c3ccc(OC(F)(F)C(=O)O)cc23)cn1. The summed E-state index contributed by atoms with van der Waals surface area (Å²) in [6, 6.07) is 5.30. The molecule has 3 aromatic rings. The average molecular weight is 509 g/mol. The number of nitrogens with zero attached hydrogens (tertiary/aromatic N) is 4. The largest absolute Gasteiger partial charge is 0.501 e. The molecule has 3 heterocycles. The highest BCUT2D eigenvalue weighted by atomic mass is 28.3.